The first-order valence-corrected chi connectivity index (χ1v) is 6.40. The van der Waals surface area contributed by atoms with Gasteiger partial charge in [-0.3, -0.25) is 14.6 Å². The average Bonchev–Trinajstić information content (AvgIpc) is 2.31. The first-order valence-electron chi connectivity index (χ1n) is 6.40. The lowest BCUT2D eigenvalue weighted by Gasteiger charge is -2.13. The molecular weight excluding hydrogens is 244 g/mol. The van der Waals surface area contributed by atoms with Gasteiger partial charge in [-0.1, -0.05) is 6.07 Å². The number of hydrogen-bond donors (Lipinski definition) is 2. The van der Waals surface area contributed by atoms with Gasteiger partial charge in [0.05, 0.1) is 12.1 Å². The molecule has 19 heavy (non-hydrogen) atoms. The van der Waals surface area contributed by atoms with Gasteiger partial charge in [0.2, 0.25) is 5.91 Å². The zero-order valence-corrected chi connectivity index (χ0v) is 11.3. The number of carboxylic acids is 1. The van der Waals surface area contributed by atoms with Gasteiger partial charge in [0, 0.05) is 18.7 Å². The Morgan fingerprint density at radius 3 is 2.84 bits per heavy atom. The maximum Gasteiger partial charge on any atom is 0.303 e. The number of nitrogens with one attached hydrogen (secondary N) is 1. The lowest BCUT2D eigenvalue weighted by atomic mass is 10.1. The molecule has 1 aromatic heterocycles. The summed E-state index contributed by atoms with van der Waals surface area (Å²) in [6.07, 6.45) is 3.31. The molecular formula is C14H20N2O3. The Morgan fingerprint density at radius 1 is 1.47 bits per heavy atom. The summed E-state index contributed by atoms with van der Waals surface area (Å²) in [5.41, 5.74) is 1.77. The van der Waals surface area contributed by atoms with Crippen LogP contribution in [0.2, 0.25) is 0 Å². The molecule has 0 aliphatic rings. The number of carboxylic acid groups (broad SMARTS) is 1. The van der Waals surface area contributed by atoms with Crippen LogP contribution in [0.25, 0.3) is 0 Å². The summed E-state index contributed by atoms with van der Waals surface area (Å²) in [5, 5.41) is 11.4. The maximum atomic E-state index is 11.8. The van der Waals surface area contributed by atoms with Crippen molar-refractivity contribution in [3.63, 3.8) is 0 Å². The van der Waals surface area contributed by atoms with Crippen LogP contribution in [0.1, 0.15) is 37.4 Å². The number of pyridine rings is 1. The standard InChI is InChI=1S/C14H20N2O3/c1-10-5-4-8-15-12(10)9-13(17)16-11(2)6-3-7-14(18)19/h4-5,8,11H,3,6-7,9H2,1-2H3,(H,16,17)(H,18,19). The van der Waals surface area contributed by atoms with Crippen LogP contribution in [0.4, 0.5) is 0 Å². The van der Waals surface area contributed by atoms with Crippen LogP contribution < -0.4 is 5.32 Å². The normalized spacial score (nSPS) is 11.9. The molecule has 0 fully saturated rings. The van der Waals surface area contributed by atoms with E-state index < -0.39 is 5.97 Å². The number of rotatable bonds is 7. The fraction of sp³-hybridized carbons (Fsp3) is 0.500. The predicted octanol–water partition coefficient (Wildman–Crippen LogP) is 1.69. The van der Waals surface area contributed by atoms with Crippen LogP contribution in [-0.2, 0) is 16.0 Å². The summed E-state index contributed by atoms with van der Waals surface area (Å²) in [4.78, 5) is 26.4. The predicted molar refractivity (Wildman–Crippen MR) is 71.8 cm³/mol. The van der Waals surface area contributed by atoms with Gasteiger partial charge < -0.3 is 10.4 Å². The van der Waals surface area contributed by atoms with Crippen molar-refractivity contribution in [1.29, 1.82) is 0 Å². The van der Waals surface area contributed by atoms with Crippen LogP contribution in [0.5, 0.6) is 0 Å². The molecule has 0 aliphatic heterocycles. The minimum absolute atomic E-state index is 0.0177. The molecule has 104 valence electrons. The summed E-state index contributed by atoms with van der Waals surface area (Å²) in [5.74, 6) is -0.882. The van der Waals surface area contributed by atoms with Crippen molar-refractivity contribution in [1.82, 2.24) is 10.3 Å². The molecule has 0 spiro atoms. The molecule has 5 heteroatoms. The molecule has 1 heterocycles. The molecule has 0 radical (unpaired) electrons. The number of aromatic nitrogens is 1. The highest BCUT2D eigenvalue weighted by molar-refractivity contribution is 5.78. The van der Waals surface area contributed by atoms with Gasteiger partial charge >= 0.3 is 5.97 Å². The first kappa shape index (κ1) is 15.1. The highest BCUT2D eigenvalue weighted by atomic mass is 16.4. The minimum atomic E-state index is -0.803. The van der Waals surface area contributed by atoms with E-state index in [0.717, 1.165) is 11.3 Å². The van der Waals surface area contributed by atoms with Crippen LogP contribution in [0, 0.1) is 6.92 Å². The number of nitrogens with zero attached hydrogens (tertiary/aromatic N) is 1. The third kappa shape index (κ3) is 5.99. The van der Waals surface area contributed by atoms with Crippen LogP contribution in [0.3, 0.4) is 0 Å². The second kappa shape index (κ2) is 7.51. The molecule has 5 nitrogen and oxygen atoms in total. The van der Waals surface area contributed by atoms with Crippen LogP contribution >= 0.6 is 0 Å². The molecule has 1 atom stereocenters. The second-order valence-corrected chi connectivity index (χ2v) is 4.70. The van der Waals surface area contributed by atoms with E-state index in [-0.39, 0.29) is 24.8 Å². The number of carbonyl (C=O) groups excluding carboxylic acids is 1. The molecule has 0 aromatic carbocycles. The molecule has 1 rings (SSSR count). The largest absolute Gasteiger partial charge is 0.481 e. The van der Waals surface area contributed by atoms with Gasteiger partial charge in [-0.05, 0) is 38.3 Å². The topological polar surface area (TPSA) is 79.3 Å². The van der Waals surface area contributed by atoms with E-state index in [0.29, 0.717) is 12.8 Å². The van der Waals surface area contributed by atoms with Gasteiger partial charge in [0.15, 0.2) is 0 Å². The van der Waals surface area contributed by atoms with Gasteiger partial charge in [-0.25, -0.2) is 0 Å². The third-order valence-electron chi connectivity index (χ3n) is 2.88. The van der Waals surface area contributed by atoms with Crippen LogP contribution in [-0.4, -0.2) is 28.0 Å². The number of aryl methyl sites for hydroxylation is 1. The number of hydrogen-bond acceptors (Lipinski definition) is 3. The van der Waals surface area contributed by atoms with Crippen molar-refractivity contribution in [3.8, 4) is 0 Å². The number of amides is 1. The van der Waals surface area contributed by atoms with E-state index in [1.807, 2.05) is 26.0 Å². The summed E-state index contributed by atoms with van der Waals surface area (Å²) in [7, 11) is 0. The molecule has 1 aromatic rings. The highest BCUT2D eigenvalue weighted by Gasteiger charge is 2.10. The fourth-order valence-electron chi connectivity index (χ4n) is 1.81. The molecule has 0 aliphatic carbocycles. The Balaban J connectivity index is 2.35. The average molecular weight is 264 g/mol. The van der Waals surface area contributed by atoms with Crippen molar-refractivity contribution in [3.05, 3.63) is 29.6 Å². The van der Waals surface area contributed by atoms with Crippen molar-refractivity contribution < 1.29 is 14.7 Å². The third-order valence-corrected chi connectivity index (χ3v) is 2.88. The SMILES string of the molecule is Cc1cccnc1CC(=O)NC(C)CCCC(=O)O. The van der Waals surface area contributed by atoms with Gasteiger partial charge in [-0.15, -0.1) is 0 Å². The molecule has 2 N–H and O–H groups in total. The zero-order chi connectivity index (χ0) is 14.3. The van der Waals surface area contributed by atoms with E-state index in [2.05, 4.69) is 10.3 Å². The van der Waals surface area contributed by atoms with E-state index >= 15 is 0 Å². The number of carbonyl (C=O) groups is 2. The summed E-state index contributed by atoms with van der Waals surface area (Å²) >= 11 is 0. The summed E-state index contributed by atoms with van der Waals surface area (Å²) in [6, 6.07) is 3.74. The van der Waals surface area contributed by atoms with Gasteiger partial charge in [0.1, 0.15) is 0 Å². The first-order chi connectivity index (χ1) is 8.99. The smallest absolute Gasteiger partial charge is 0.303 e. The summed E-state index contributed by atoms with van der Waals surface area (Å²) in [6.45, 7) is 3.80. The van der Waals surface area contributed by atoms with Gasteiger partial charge in [0.25, 0.3) is 0 Å². The Bertz CT molecular complexity index is 446. The Morgan fingerprint density at radius 2 is 2.21 bits per heavy atom. The van der Waals surface area contributed by atoms with E-state index in [1.165, 1.54) is 0 Å². The zero-order valence-electron chi connectivity index (χ0n) is 11.3. The minimum Gasteiger partial charge on any atom is -0.481 e. The van der Waals surface area contributed by atoms with Crippen molar-refractivity contribution in [2.45, 2.75) is 45.6 Å². The number of aliphatic carboxylic acids is 1. The molecule has 0 saturated carbocycles. The molecule has 1 unspecified atom stereocenters. The van der Waals surface area contributed by atoms with Crippen molar-refractivity contribution >= 4 is 11.9 Å². The Kier molecular flexibility index (Phi) is 5.99. The van der Waals surface area contributed by atoms with Crippen LogP contribution in [0.15, 0.2) is 18.3 Å². The van der Waals surface area contributed by atoms with Gasteiger partial charge in [-0.2, -0.15) is 0 Å². The molecule has 1 amide bonds. The van der Waals surface area contributed by atoms with E-state index in [4.69, 9.17) is 5.11 Å². The lowest BCUT2D eigenvalue weighted by molar-refractivity contribution is -0.137. The summed E-state index contributed by atoms with van der Waals surface area (Å²) < 4.78 is 0. The van der Waals surface area contributed by atoms with E-state index in [9.17, 15) is 9.59 Å². The van der Waals surface area contributed by atoms with Crippen molar-refractivity contribution in [2.24, 2.45) is 0 Å². The Hall–Kier alpha value is -1.91. The fourth-order valence-corrected chi connectivity index (χ4v) is 1.81. The van der Waals surface area contributed by atoms with Crippen molar-refractivity contribution in [2.75, 3.05) is 0 Å². The quantitative estimate of drug-likeness (QED) is 0.785. The maximum absolute atomic E-state index is 11.8. The van der Waals surface area contributed by atoms with E-state index in [1.54, 1.807) is 6.20 Å². The second-order valence-electron chi connectivity index (χ2n) is 4.70. The monoisotopic (exact) mass is 264 g/mol. The lowest BCUT2D eigenvalue weighted by Crippen LogP contribution is -2.34. The molecule has 0 saturated heterocycles. The molecule has 0 bridgehead atoms. The Labute approximate surface area is 113 Å². The highest BCUT2D eigenvalue weighted by Crippen LogP contribution is 2.05.